The number of benzene rings is 2. The minimum Gasteiger partial charge on any atom is -0.491 e. The van der Waals surface area contributed by atoms with Crippen LogP contribution in [0.25, 0.3) is 10.9 Å². The molecule has 2 aromatic carbocycles. The van der Waals surface area contributed by atoms with E-state index in [4.69, 9.17) is 14.6 Å². The third kappa shape index (κ3) is 11.1. The van der Waals surface area contributed by atoms with E-state index in [0.717, 1.165) is 59.6 Å². The van der Waals surface area contributed by atoms with Crippen LogP contribution in [0.1, 0.15) is 39.3 Å². The summed E-state index contributed by atoms with van der Waals surface area (Å²) in [5.41, 5.74) is 1.82. The van der Waals surface area contributed by atoms with Crippen LogP contribution >= 0.6 is 12.2 Å². The molecule has 0 amide bonds. The van der Waals surface area contributed by atoms with Crippen molar-refractivity contribution in [2.75, 3.05) is 13.1 Å². The van der Waals surface area contributed by atoms with Gasteiger partial charge in [0.2, 0.25) is 0 Å². The molecule has 10 heteroatoms. The van der Waals surface area contributed by atoms with Crippen LogP contribution in [0.3, 0.4) is 0 Å². The number of nitrogens with zero attached hydrogens (tertiary/aromatic N) is 2. The standard InChI is InChI=1S/C13H19NO2S.C9H9FN2.C2H2.CH2O2.CH2S/c1-11(2)16-12-5-7-13(8-6-12)17(15)14-9-3-4-10-14;1-2-8-7-5-6(10)3-4-9(7)12-11-8;1-2;2-1-3;1-2/h5-8,11H,3-4,9-10H2,1-2H3;3-5H,2H2,1H3,(H,11,12);1-2H;1H,(H,2,3);1H2. The summed E-state index contributed by atoms with van der Waals surface area (Å²) in [7, 11) is -1.00. The number of rotatable bonds is 5. The van der Waals surface area contributed by atoms with Gasteiger partial charge in [0.05, 0.1) is 16.5 Å². The summed E-state index contributed by atoms with van der Waals surface area (Å²) < 4.78 is 32.6. The Balaban J connectivity index is 0.000000563. The summed E-state index contributed by atoms with van der Waals surface area (Å²) >= 11 is 3.83. The number of terminal acetylenes is 1. The fourth-order valence-electron chi connectivity index (χ4n) is 3.21. The smallest absolute Gasteiger partial charge is 0.290 e. The van der Waals surface area contributed by atoms with E-state index < -0.39 is 11.0 Å². The van der Waals surface area contributed by atoms with Gasteiger partial charge in [-0.25, -0.2) is 12.9 Å². The lowest BCUT2D eigenvalue weighted by atomic mass is 10.2. The number of thiocarbonyl (C=S) groups is 1. The molecule has 0 spiro atoms. The fraction of sp³-hybridized carbons (Fsp3) is 0.346. The van der Waals surface area contributed by atoms with Gasteiger partial charge in [0, 0.05) is 24.2 Å². The Morgan fingerprint density at radius 2 is 1.78 bits per heavy atom. The van der Waals surface area contributed by atoms with Gasteiger partial charge >= 0.3 is 0 Å². The van der Waals surface area contributed by atoms with Gasteiger partial charge in [-0.05, 0) is 81.4 Å². The molecule has 0 saturated carbocycles. The minimum absolute atomic E-state index is 0.171. The van der Waals surface area contributed by atoms with Gasteiger partial charge in [0.25, 0.3) is 6.47 Å². The zero-order valence-corrected chi connectivity index (χ0v) is 22.5. The highest BCUT2D eigenvalue weighted by Crippen LogP contribution is 2.20. The molecule has 2 heterocycles. The molecule has 196 valence electrons. The predicted molar refractivity (Wildman–Crippen MR) is 148 cm³/mol. The maximum Gasteiger partial charge on any atom is 0.290 e. The van der Waals surface area contributed by atoms with Crippen LogP contribution in [-0.2, 0) is 22.2 Å². The van der Waals surface area contributed by atoms with Crippen molar-refractivity contribution in [3.8, 4) is 18.6 Å². The lowest BCUT2D eigenvalue weighted by Gasteiger charge is -2.14. The van der Waals surface area contributed by atoms with Gasteiger partial charge in [-0.2, -0.15) is 5.10 Å². The SMILES string of the molecule is C#C.C=S.CC(C)Oc1ccc(S(=O)N2CCCC2)cc1.CCc1[nH]nc2ccc(F)cc12.O=CO. The molecular weight excluding hydrogens is 501 g/mol. The van der Waals surface area contributed by atoms with E-state index in [-0.39, 0.29) is 18.4 Å². The Kier molecular flexibility index (Phi) is 17.4. The first-order valence-corrected chi connectivity index (χ1v) is 12.8. The molecule has 1 atom stereocenters. The molecule has 1 aliphatic rings. The van der Waals surface area contributed by atoms with Crippen LogP contribution in [0, 0.1) is 18.7 Å². The molecule has 7 nitrogen and oxygen atoms in total. The second kappa shape index (κ2) is 19.1. The summed E-state index contributed by atoms with van der Waals surface area (Å²) in [5, 5.41) is 14.7. The number of nitrogens with one attached hydrogen (secondary N) is 1. The lowest BCUT2D eigenvalue weighted by molar-refractivity contribution is -0.122. The Bertz CT molecular complexity index is 1070. The van der Waals surface area contributed by atoms with E-state index in [1.165, 1.54) is 12.1 Å². The van der Waals surface area contributed by atoms with Gasteiger partial charge in [-0.15, -0.1) is 12.8 Å². The predicted octanol–water partition coefficient (Wildman–Crippen LogP) is 5.42. The largest absolute Gasteiger partial charge is 0.491 e. The van der Waals surface area contributed by atoms with Crippen molar-refractivity contribution in [1.29, 1.82) is 0 Å². The zero-order valence-electron chi connectivity index (χ0n) is 20.9. The molecule has 3 aromatic rings. The van der Waals surface area contributed by atoms with Gasteiger partial charge in [0.15, 0.2) is 0 Å². The molecule has 0 aliphatic carbocycles. The fourth-order valence-corrected chi connectivity index (χ4v) is 4.47. The summed E-state index contributed by atoms with van der Waals surface area (Å²) in [6, 6.07) is 12.2. The van der Waals surface area contributed by atoms with Crippen molar-refractivity contribution in [3.63, 3.8) is 0 Å². The number of hydrogen-bond acceptors (Lipinski definition) is 5. The molecular formula is C26H34FN3O4S2. The van der Waals surface area contributed by atoms with Crippen LogP contribution in [0.2, 0.25) is 0 Å². The van der Waals surface area contributed by atoms with Crippen LogP contribution in [-0.4, -0.2) is 55.4 Å². The quantitative estimate of drug-likeness (QED) is 0.257. The van der Waals surface area contributed by atoms with E-state index >= 15 is 0 Å². The number of carbonyl (C=O) groups is 1. The normalized spacial score (nSPS) is 12.9. The van der Waals surface area contributed by atoms with Gasteiger partial charge < -0.3 is 9.84 Å². The molecule has 0 radical (unpaired) electrons. The number of ether oxygens (including phenoxy) is 1. The zero-order chi connectivity index (χ0) is 27.5. The van der Waals surface area contributed by atoms with E-state index in [1.54, 1.807) is 6.07 Å². The first kappa shape index (κ1) is 32.9. The van der Waals surface area contributed by atoms with Crippen molar-refractivity contribution >= 4 is 46.4 Å². The first-order chi connectivity index (χ1) is 17.4. The molecule has 1 aliphatic heterocycles. The number of halogens is 1. The number of carboxylic acid groups (broad SMARTS) is 1. The molecule has 36 heavy (non-hydrogen) atoms. The molecule has 2 N–H and O–H groups in total. The highest BCUT2D eigenvalue weighted by atomic mass is 32.2. The summed E-state index contributed by atoms with van der Waals surface area (Å²) in [5.74, 6) is 3.46. The monoisotopic (exact) mass is 535 g/mol. The highest BCUT2D eigenvalue weighted by molar-refractivity contribution is 7.82. The number of aryl methyl sites for hydroxylation is 1. The Morgan fingerprint density at radius 1 is 1.22 bits per heavy atom. The van der Waals surface area contributed by atoms with E-state index in [0.29, 0.717) is 0 Å². The van der Waals surface area contributed by atoms with Crippen molar-refractivity contribution in [2.45, 2.75) is 51.0 Å². The first-order valence-electron chi connectivity index (χ1n) is 11.2. The second-order valence-corrected chi connectivity index (χ2v) is 8.83. The second-order valence-electron chi connectivity index (χ2n) is 7.35. The molecule has 0 bridgehead atoms. The molecule has 1 saturated heterocycles. The maximum atomic E-state index is 12.8. The van der Waals surface area contributed by atoms with Gasteiger partial charge in [0.1, 0.15) is 22.6 Å². The average molecular weight is 536 g/mol. The lowest BCUT2D eigenvalue weighted by Crippen LogP contribution is -2.21. The minimum atomic E-state index is -1.00. The van der Waals surface area contributed by atoms with Crippen molar-refractivity contribution in [3.05, 3.63) is 54.0 Å². The molecule has 4 rings (SSSR count). The number of H-pyrrole nitrogens is 1. The summed E-state index contributed by atoms with van der Waals surface area (Å²) in [4.78, 5) is 9.23. The van der Waals surface area contributed by atoms with E-state index in [1.807, 2.05) is 49.3 Å². The Morgan fingerprint density at radius 3 is 2.28 bits per heavy atom. The number of aromatic amines is 1. The third-order valence-corrected chi connectivity index (χ3v) is 6.15. The van der Waals surface area contributed by atoms with E-state index in [9.17, 15) is 8.60 Å². The highest BCUT2D eigenvalue weighted by Gasteiger charge is 2.19. The van der Waals surface area contributed by atoms with Gasteiger partial charge in [-0.1, -0.05) is 19.1 Å². The Labute approximate surface area is 220 Å². The molecule has 1 fully saturated rings. The summed E-state index contributed by atoms with van der Waals surface area (Å²) in [6.07, 6.45) is 11.3. The Hall–Kier alpha value is -3.13. The van der Waals surface area contributed by atoms with Crippen molar-refractivity contribution in [1.82, 2.24) is 14.5 Å². The van der Waals surface area contributed by atoms with Crippen LogP contribution in [0.5, 0.6) is 5.75 Å². The van der Waals surface area contributed by atoms with Crippen molar-refractivity contribution < 1.29 is 23.2 Å². The third-order valence-electron chi connectivity index (χ3n) is 4.65. The molecule has 1 unspecified atom stereocenters. The van der Waals surface area contributed by atoms with Crippen LogP contribution in [0.4, 0.5) is 4.39 Å². The van der Waals surface area contributed by atoms with Crippen LogP contribution in [0.15, 0.2) is 47.4 Å². The average Bonchev–Trinajstić information content (AvgIpc) is 3.57. The van der Waals surface area contributed by atoms with E-state index in [2.05, 4.69) is 41.1 Å². The van der Waals surface area contributed by atoms with Gasteiger partial charge in [-0.3, -0.25) is 9.89 Å². The molecule has 1 aromatic heterocycles. The number of aromatic nitrogens is 2. The maximum absolute atomic E-state index is 12.8. The van der Waals surface area contributed by atoms with Crippen molar-refractivity contribution in [2.24, 2.45) is 0 Å². The number of fused-ring (bicyclic) bond motifs is 1. The van der Waals surface area contributed by atoms with Crippen LogP contribution < -0.4 is 4.74 Å². The number of hydrogen-bond donors (Lipinski definition) is 2. The topological polar surface area (TPSA) is 95.5 Å². The summed E-state index contributed by atoms with van der Waals surface area (Å²) in [6.45, 7) is 7.64.